The molecule has 0 N–H and O–H groups in total. The quantitative estimate of drug-likeness (QED) is 0.658. The number of aldehydes is 1. The molecule has 90 valence electrons. The van der Waals surface area contributed by atoms with Crippen molar-refractivity contribution in [2.45, 2.75) is 13.8 Å². The van der Waals surface area contributed by atoms with Gasteiger partial charge in [0.15, 0.2) is 11.2 Å². The van der Waals surface area contributed by atoms with Crippen LogP contribution in [0.3, 0.4) is 0 Å². The molecule has 3 aromatic rings. The minimum absolute atomic E-state index is 0.637. The van der Waals surface area contributed by atoms with Gasteiger partial charge in [-0.1, -0.05) is 24.3 Å². The molecule has 4 heteroatoms. The van der Waals surface area contributed by atoms with Crippen LogP contribution in [0.25, 0.3) is 16.2 Å². The van der Waals surface area contributed by atoms with E-state index in [1.54, 1.807) is 11.3 Å². The lowest BCUT2D eigenvalue weighted by atomic mass is 10.0. The van der Waals surface area contributed by atoms with Crippen LogP contribution in [0.15, 0.2) is 29.6 Å². The molecule has 0 fully saturated rings. The summed E-state index contributed by atoms with van der Waals surface area (Å²) in [4.78, 5) is 16.8. The van der Waals surface area contributed by atoms with Crippen LogP contribution in [0.1, 0.15) is 21.7 Å². The Balaban J connectivity index is 2.36. The van der Waals surface area contributed by atoms with E-state index in [1.807, 2.05) is 47.9 Å². The topological polar surface area (TPSA) is 34.4 Å². The summed E-state index contributed by atoms with van der Waals surface area (Å²) in [5.74, 6) is 0. The molecule has 0 bridgehead atoms. The number of rotatable bonds is 2. The lowest BCUT2D eigenvalue weighted by Crippen LogP contribution is -1.94. The molecule has 0 spiro atoms. The maximum absolute atomic E-state index is 11.4. The molecule has 0 aliphatic carbocycles. The maximum atomic E-state index is 11.4. The standard InChI is InChI=1S/C14H12N2OS/c1-9-5-3-4-6-11(9)13-12(7-17)16-10(2)8-18-14(16)15-13/h3-8H,1-2H3. The van der Waals surface area contributed by atoms with E-state index in [2.05, 4.69) is 4.98 Å². The maximum Gasteiger partial charge on any atom is 0.195 e. The molecule has 0 atom stereocenters. The zero-order chi connectivity index (χ0) is 12.7. The fourth-order valence-corrected chi connectivity index (χ4v) is 3.04. The smallest absolute Gasteiger partial charge is 0.195 e. The van der Waals surface area contributed by atoms with Crippen LogP contribution in [0.2, 0.25) is 0 Å². The van der Waals surface area contributed by atoms with Crippen molar-refractivity contribution >= 4 is 22.6 Å². The third-order valence-corrected chi connectivity index (χ3v) is 4.03. The molecule has 2 heterocycles. The molecule has 3 rings (SSSR count). The van der Waals surface area contributed by atoms with Gasteiger partial charge < -0.3 is 0 Å². The van der Waals surface area contributed by atoms with Gasteiger partial charge in [0.1, 0.15) is 11.4 Å². The minimum Gasteiger partial charge on any atom is -0.296 e. The summed E-state index contributed by atoms with van der Waals surface area (Å²) in [6.45, 7) is 4.02. The zero-order valence-corrected chi connectivity index (χ0v) is 11.0. The van der Waals surface area contributed by atoms with Crippen LogP contribution >= 0.6 is 11.3 Å². The van der Waals surface area contributed by atoms with E-state index < -0.39 is 0 Å². The average Bonchev–Trinajstić information content (AvgIpc) is 2.90. The van der Waals surface area contributed by atoms with Gasteiger partial charge in [-0.25, -0.2) is 4.98 Å². The molecule has 18 heavy (non-hydrogen) atoms. The normalized spacial score (nSPS) is 11.0. The first kappa shape index (κ1) is 11.2. The average molecular weight is 256 g/mol. The Morgan fingerprint density at radius 1 is 1.28 bits per heavy atom. The summed E-state index contributed by atoms with van der Waals surface area (Å²) in [5.41, 5.74) is 4.61. The van der Waals surface area contributed by atoms with Gasteiger partial charge in [0.2, 0.25) is 0 Å². The minimum atomic E-state index is 0.637. The molecule has 0 saturated carbocycles. The number of hydrogen-bond donors (Lipinski definition) is 0. The lowest BCUT2D eigenvalue weighted by molar-refractivity contribution is 0.111. The van der Waals surface area contributed by atoms with Crippen LogP contribution < -0.4 is 0 Å². The molecule has 0 amide bonds. The van der Waals surface area contributed by atoms with Crippen LogP contribution in [-0.2, 0) is 0 Å². The molecule has 2 aromatic heterocycles. The highest BCUT2D eigenvalue weighted by Gasteiger charge is 2.16. The van der Waals surface area contributed by atoms with Crippen LogP contribution in [0, 0.1) is 13.8 Å². The number of aryl methyl sites for hydroxylation is 2. The lowest BCUT2D eigenvalue weighted by Gasteiger charge is -2.03. The monoisotopic (exact) mass is 256 g/mol. The fourth-order valence-electron chi connectivity index (χ4n) is 2.17. The number of nitrogens with zero attached hydrogens (tertiary/aromatic N) is 2. The predicted molar refractivity (Wildman–Crippen MR) is 73.4 cm³/mol. The van der Waals surface area contributed by atoms with Gasteiger partial charge in [0.05, 0.1) is 0 Å². The van der Waals surface area contributed by atoms with Crippen LogP contribution in [0.5, 0.6) is 0 Å². The Labute approximate surface area is 109 Å². The van der Waals surface area contributed by atoms with Gasteiger partial charge in [-0.2, -0.15) is 0 Å². The van der Waals surface area contributed by atoms with Gasteiger partial charge >= 0.3 is 0 Å². The first-order valence-electron chi connectivity index (χ1n) is 5.70. The first-order valence-corrected chi connectivity index (χ1v) is 6.58. The zero-order valence-electron chi connectivity index (χ0n) is 10.2. The molecule has 0 aliphatic heterocycles. The molecular formula is C14H12N2OS. The number of fused-ring (bicyclic) bond motifs is 1. The molecular weight excluding hydrogens is 244 g/mol. The van der Waals surface area contributed by atoms with Gasteiger partial charge in [-0.3, -0.25) is 9.20 Å². The van der Waals surface area contributed by atoms with Crippen molar-refractivity contribution in [3.8, 4) is 11.3 Å². The summed E-state index contributed by atoms with van der Waals surface area (Å²) >= 11 is 1.56. The van der Waals surface area contributed by atoms with Gasteiger partial charge in [0.25, 0.3) is 0 Å². The Kier molecular flexibility index (Phi) is 2.52. The molecule has 1 aromatic carbocycles. The second-order valence-corrected chi connectivity index (χ2v) is 5.11. The highest BCUT2D eigenvalue weighted by Crippen LogP contribution is 2.29. The highest BCUT2D eigenvalue weighted by atomic mass is 32.1. The number of carbonyl (C=O) groups excluding carboxylic acids is 1. The predicted octanol–water partition coefficient (Wildman–Crippen LogP) is 3.49. The second kappa shape index (κ2) is 4.07. The summed E-state index contributed by atoms with van der Waals surface area (Å²) in [7, 11) is 0. The van der Waals surface area contributed by atoms with Crippen molar-refractivity contribution in [3.63, 3.8) is 0 Å². The van der Waals surface area contributed by atoms with E-state index in [-0.39, 0.29) is 0 Å². The first-order chi connectivity index (χ1) is 8.72. The van der Waals surface area contributed by atoms with Crippen molar-refractivity contribution in [3.05, 3.63) is 46.6 Å². The molecule has 0 saturated heterocycles. The number of hydrogen-bond acceptors (Lipinski definition) is 3. The van der Waals surface area contributed by atoms with Crippen molar-refractivity contribution in [2.75, 3.05) is 0 Å². The van der Waals surface area contributed by atoms with E-state index in [4.69, 9.17) is 0 Å². The fraction of sp³-hybridized carbons (Fsp3) is 0.143. The molecule has 0 radical (unpaired) electrons. The van der Waals surface area contributed by atoms with E-state index in [1.165, 1.54) is 0 Å². The van der Waals surface area contributed by atoms with Crippen molar-refractivity contribution < 1.29 is 4.79 Å². The van der Waals surface area contributed by atoms with Crippen molar-refractivity contribution in [2.24, 2.45) is 0 Å². The number of aromatic nitrogens is 2. The van der Waals surface area contributed by atoms with E-state index in [9.17, 15) is 4.79 Å². The van der Waals surface area contributed by atoms with Gasteiger partial charge in [-0.05, 0) is 19.4 Å². The number of thiazole rings is 1. The van der Waals surface area contributed by atoms with Crippen LogP contribution in [0.4, 0.5) is 0 Å². The second-order valence-electron chi connectivity index (χ2n) is 4.27. The van der Waals surface area contributed by atoms with Crippen LogP contribution in [-0.4, -0.2) is 15.7 Å². The van der Waals surface area contributed by atoms with Crippen molar-refractivity contribution in [1.29, 1.82) is 0 Å². The highest BCUT2D eigenvalue weighted by molar-refractivity contribution is 7.15. The molecule has 0 unspecified atom stereocenters. The number of benzene rings is 1. The largest absolute Gasteiger partial charge is 0.296 e. The summed E-state index contributed by atoms with van der Waals surface area (Å²) in [6, 6.07) is 7.99. The van der Waals surface area contributed by atoms with E-state index in [0.717, 1.165) is 33.8 Å². The Morgan fingerprint density at radius 2 is 2.06 bits per heavy atom. The summed E-state index contributed by atoms with van der Waals surface area (Å²) < 4.78 is 1.92. The Bertz CT molecular complexity index is 739. The van der Waals surface area contributed by atoms with E-state index >= 15 is 0 Å². The number of imidazole rings is 1. The summed E-state index contributed by atoms with van der Waals surface area (Å²) in [6.07, 6.45) is 0.890. The Morgan fingerprint density at radius 3 is 2.78 bits per heavy atom. The summed E-state index contributed by atoms with van der Waals surface area (Å²) in [5, 5.41) is 2.01. The SMILES string of the molecule is Cc1ccccc1-c1nc2scc(C)n2c1C=O. The third-order valence-electron chi connectivity index (χ3n) is 3.08. The Hall–Kier alpha value is -1.94. The molecule has 3 nitrogen and oxygen atoms in total. The van der Waals surface area contributed by atoms with Crippen molar-refractivity contribution in [1.82, 2.24) is 9.38 Å². The van der Waals surface area contributed by atoms with Gasteiger partial charge in [0, 0.05) is 16.6 Å². The number of carbonyl (C=O) groups is 1. The van der Waals surface area contributed by atoms with Gasteiger partial charge in [-0.15, -0.1) is 11.3 Å². The van der Waals surface area contributed by atoms with E-state index in [0.29, 0.717) is 5.69 Å². The molecule has 0 aliphatic rings. The third kappa shape index (κ3) is 1.49.